The molecular weight excluding hydrogens is 318 g/mol. The Bertz CT molecular complexity index is 607. The van der Waals surface area contributed by atoms with Crippen LogP contribution in [-0.4, -0.2) is 80.0 Å². The summed E-state index contributed by atoms with van der Waals surface area (Å²) in [7, 11) is 3.71. The highest BCUT2D eigenvalue weighted by molar-refractivity contribution is 5.89. The van der Waals surface area contributed by atoms with Crippen molar-refractivity contribution >= 4 is 11.8 Å². The lowest BCUT2D eigenvalue weighted by atomic mass is 9.99. The van der Waals surface area contributed by atoms with E-state index in [0.717, 1.165) is 18.7 Å². The quantitative estimate of drug-likeness (QED) is 0.799. The summed E-state index contributed by atoms with van der Waals surface area (Å²) in [6.07, 6.45) is 0.316. The van der Waals surface area contributed by atoms with Crippen LogP contribution in [0.15, 0.2) is 30.3 Å². The lowest BCUT2D eigenvalue weighted by Crippen LogP contribution is -2.51. The van der Waals surface area contributed by atoms with E-state index in [2.05, 4.69) is 24.1 Å². The monoisotopic (exact) mass is 345 g/mol. The van der Waals surface area contributed by atoms with Crippen molar-refractivity contribution in [1.29, 1.82) is 0 Å². The first-order valence-corrected chi connectivity index (χ1v) is 8.91. The van der Waals surface area contributed by atoms with Crippen molar-refractivity contribution in [2.24, 2.45) is 5.92 Å². The van der Waals surface area contributed by atoms with Crippen molar-refractivity contribution < 1.29 is 14.3 Å². The third-order valence-electron chi connectivity index (χ3n) is 5.18. The van der Waals surface area contributed by atoms with Gasteiger partial charge >= 0.3 is 0 Å². The van der Waals surface area contributed by atoms with E-state index in [9.17, 15) is 9.59 Å². The van der Waals surface area contributed by atoms with Gasteiger partial charge in [-0.25, -0.2) is 0 Å². The Morgan fingerprint density at radius 3 is 2.68 bits per heavy atom. The summed E-state index contributed by atoms with van der Waals surface area (Å²) in [5.41, 5.74) is 1.16. The number of carbonyl (C=O) groups is 2. The number of piperazine rings is 1. The molecular formula is C19H27N3O3. The van der Waals surface area contributed by atoms with Crippen LogP contribution in [0.25, 0.3) is 0 Å². The van der Waals surface area contributed by atoms with Crippen LogP contribution in [0.2, 0.25) is 0 Å². The molecule has 0 N–H and O–H groups in total. The number of carbonyl (C=O) groups excluding carboxylic acids is 2. The summed E-state index contributed by atoms with van der Waals surface area (Å²) < 4.78 is 5.06. The van der Waals surface area contributed by atoms with E-state index in [-0.39, 0.29) is 23.8 Å². The predicted molar refractivity (Wildman–Crippen MR) is 95.0 cm³/mol. The number of nitrogens with zero attached hydrogens (tertiary/aromatic N) is 3. The van der Waals surface area contributed by atoms with Gasteiger partial charge in [-0.3, -0.25) is 9.59 Å². The molecule has 2 amide bonds. The average Bonchev–Trinajstić information content (AvgIpc) is 3.01. The van der Waals surface area contributed by atoms with Crippen LogP contribution in [0.3, 0.4) is 0 Å². The van der Waals surface area contributed by atoms with Crippen molar-refractivity contribution in [3.63, 3.8) is 0 Å². The highest BCUT2D eigenvalue weighted by atomic mass is 16.5. The van der Waals surface area contributed by atoms with Crippen molar-refractivity contribution in [3.8, 4) is 0 Å². The van der Waals surface area contributed by atoms with Crippen LogP contribution >= 0.6 is 0 Å². The number of hydrogen-bond acceptors (Lipinski definition) is 4. The second-order valence-electron chi connectivity index (χ2n) is 6.95. The van der Waals surface area contributed by atoms with Crippen molar-refractivity contribution in [3.05, 3.63) is 35.9 Å². The minimum atomic E-state index is -0.237. The second kappa shape index (κ2) is 7.97. The van der Waals surface area contributed by atoms with E-state index >= 15 is 0 Å². The van der Waals surface area contributed by atoms with Crippen molar-refractivity contribution in [2.45, 2.75) is 12.5 Å². The maximum Gasteiger partial charge on any atom is 0.228 e. The molecule has 0 bridgehead atoms. The lowest BCUT2D eigenvalue weighted by molar-refractivity contribution is -0.140. The van der Waals surface area contributed by atoms with Gasteiger partial charge in [0, 0.05) is 46.3 Å². The maximum absolute atomic E-state index is 13.2. The number of likely N-dealkylation sites (tertiary alicyclic amines) is 1. The Morgan fingerprint density at radius 1 is 1.20 bits per heavy atom. The zero-order valence-corrected chi connectivity index (χ0v) is 15.1. The number of likely N-dealkylation sites (N-methyl/N-ethyl adjacent to an activating group) is 1. The molecule has 1 aromatic rings. The fraction of sp³-hybridized carbons (Fsp3) is 0.579. The van der Waals surface area contributed by atoms with Crippen molar-refractivity contribution in [2.75, 3.05) is 53.5 Å². The van der Waals surface area contributed by atoms with Crippen LogP contribution in [0.1, 0.15) is 18.0 Å². The van der Waals surface area contributed by atoms with Gasteiger partial charge in [0.05, 0.1) is 18.6 Å². The predicted octanol–water partition coefficient (Wildman–Crippen LogP) is 0.997. The Balaban J connectivity index is 1.72. The highest BCUT2D eigenvalue weighted by Gasteiger charge is 2.39. The molecule has 2 saturated heterocycles. The summed E-state index contributed by atoms with van der Waals surface area (Å²) >= 11 is 0. The zero-order valence-electron chi connectivity index (χ0n) is 15.1. The van der Waals surface area contributed by atoms with Crippen LogP contribution < -0.4 is 0 Å². The third-order valence-corrected chi connectivity index (χ3v) is 5.18. The van der Waals surface area contributed by atoms with Gasteiger partial charge in [-0.05, 0) is 12.6 Å². The molecule has 2 aliphatic rings. The van der Waals surface area contributed by atoms with Crippen molar-refractivity contribution in [1.82, 2.24) is 14.7 Å². The minimum Gasteiger partial charge on any atom is -0.383 e. The van der Waals surface area contributed by atoms with Gasteiger partial charge in [-0.15, -0.1) is 0 Å². The number of hydrogen-bond donors (Lipinski definition) is 0. The van der Waals surface area contributed by atoms with E-state index in [4.69, 9.17) is 4.74 Å². The summed E-state index contributed by atoms with van der Waals surface area (Å²) in [5.74, 6) is -0.0741. The Labute approximate surface area is 149 Å². The van der Waals surface area contributed by atoms with Crippen LogP contribution in [0.5, 0.6) is 0 Å². The number of methoxy groups -OCH3 is 1. The SMILES string of the molecule is COCCN1C[C@H](C(=O)N2CCN(C)C[C@H]2c2ccccc2)CC1=O. The third kappa shape index (κ3) is 4.02. The minimum absolute atomic E-state index is 0.0515. The molecule has 6 nitrogen and oxygen atoms in total. The van der Waals surface area contributed by atoms with E-state index in [1.807, 2.05) is 23.1 Å². The summed E-state index contributed by atoms with van der Waals surface area (Å²) in [6, 6.07) is 10.2. The standard InChI is InChI=1S/C19H27N3O3/c1-20-8-9-22(17(14-20)15-6-4-3-5-7-15)19(24)16-12-18(23)21(13-16)10-11-25-2/h3-7,16-17H,8-14H2,1-2H3/t16-,17+/m1/s1. The first-order valence-electron chi connectivity index (χ1n) is 8.91. The number of ether oxygens (including phenoxy) is 1. The molecule has 2 aliphatic heterocycles. The van der Waals surface area contributed by atoms with E-state index < -0.39 is 0 Å². The molecule has 2 heterocycles. The van der Waals surface area contributed by atoms with Gasteiger partial charge in [0.15, 0.2) is 0 Å². The summed E-state index contributed by atoms with van der Waals surface area (Å²) in [5, 5.41) is 0. The normalized spacial score (nSPS) is 24.8. The molecule has 2 fully saturated rings. The number of rotatable bonds is 5. The molecule has 0 radical (unpaired) electrons. The largest absolute Gasteiger partial charge is 0.383 e. The van der Waals surface area contributed by atoms with E-state index in [1.165, 1.54) is 0 Å². The fourth-order valence-corrected chi connectivity index (χ4v) is 3.73. The molecule has 136 valence electrons. The molecule has 0 aromatic heterocycles. The number of amides is 2. The molecule has 0 aliphatic carbocycles. The lowest BCUT2D eigenvalue weighted by Gasteiger charge is -2.41. The van der Waals surface area contributed by atoms with Gasteiger partial charge in [0.25, 0.3) is 0 Å². The molecule has 25 heavy (non-hydrogen) atoms. The van der Waals surface area contributed by atoms with Gasteiger partial charge in [-0.2, -0.15) is 0 Å². The topological polar surface area (TPSA) is 53.1 Å². The first kappa shape index (κ1) is 17.9. The Hall–Kier alpha value is -1.92. The van der Waals surface area contributed by atoms with Gasteiger partial charge in [0.1, 0.15) is 0 Å². The van der Waals surface area contributed by atoms with Gasteiger partial charge < -0.3 is 19.4 Å². The summed E-state index contributed by atoms with van der Waals surface area (Å²) in [4.78, 5) is 31.3. The molecule has 1 aromatic carbocycles. The fourth-order valence-electron chi connectivity index (χ4n) is 3.73. The Kier molecular flexibility index (Phi) is 5.71. The Morgan fingerprint density at radius 2 is 1.96 bits per heavy atom. The average molecular weight is 345 g/mol. The highest BCUT2D eigenvalue weighted by Crippen LogP contribution is 2.29. The van der Waals surface area contributed by atoms with Crippen LogP contribution in [-0.2, 0) is 14.3 Å². The second-order valence-corrected chi connectivity index (χ2v) is 6.95. The first-order chi connectivity index (χ1) is 12.1. The zero-order chi connectivity index (χ0) is 17.8. The molecule has 3 rings (SSSR count). The molecule has 6 heteroatoms. The molecule has 2 atom stereocenters. The molecule has 0 saturated carbocycles. The molecule has 0 unspecified atom stereocenters. The maximum atomic E-state index is 13.2. The van der Waals surface area contributed by atoms with E-state index in [0.29, 0.717) is 32.7 Å². The summed E-state index contributed by atoms with van der Waals surface area (Å²) in [6.45, 7) is 3.97. The number of benzene rings is 1. The molecule has 0 spiro atoms. The van der Waals surface area contributed by atoms with Crippen LogP contribution in [0.4, 0.5) is 0 Å². The van der Waals surface area contributed by atoms with Gasteiger partial charge in [0.2, 0.25) is 11.8 Å². The van der Waals surface area contributed by atoms with E-state index in [1.54, 1.807) is 12.0 Å². The van der Waals surface area contributed by atoms with Gasteiger partial charge in [-0.1, -0.05) is 30.3 Å². The van der Waals surface area contributed by atoms with Crippen LogP contribution in [0, 0.1) is 5.92 Å². The smallest absolute Gasteiger partial charge is 0.228 e.